The molecule has 2 amide bonds. The average molecular weight is 243 g/mol. The molecule has 0 bridgehead atoms. The van der Waals surface area contributed by atoms with E-state index in [9.17, 15) is 9.59 Å². The summed E-state index contributed by atoms with van der Waals surface area (Å²) in [7, 11) is 1.84. The first kappa shape index (κ1) is 15.9. The summed E-state index contributed by atoms with van der Waals surface area (Å²) in [5, 5.41) is 8.58. The van der Waals surface area contributed by atoms with Gasteiger partial charge in [0.25, 0.3) is 0 Å². The largest absolute Gasteiger partial charge is 0.353 e. The van der Waals surface area contributed by atoms with Crippen molar-refractivity contribution in [3.63, 3.8) is 0 Å². The van der Waals surface area contributed by atoms with Crippen LogP contribution in [-0.2, 0) is 9.59 Å². The van der Waals surface area contributed by atoms with Gasteiger partial charge in [0.05, 0.1) is 0 Å². The Bertz CT molecular complexity index is 256. The van der Waals surface area contributed by atoms with E-state index in [1.54, 1.807) is 0 Å². The lowest BCUT2D eigenvalue weighted by atomic mass is 9.98. The van der Waals surface area contributed by atoms with Crippen LogP contribution < -0.4 is 16.0 Å². The molecule has 0 aliphatic carbocycles. The third-order valence-electron chi connectivity index (χ3n) is 2.93. The summed E-state index contributed by atoms with van der Waals surface area (Å²) in [6.07, 6.45) is 0.847. The fraction of sp³-hybridized carbons (Fsp3) is 0.833. The summed E-state index contributed by atoms with van der Waals surface area (Å²) in [5.41, 5.74) is 0. The third kappa shape index (κ3) is 6.26. The molecular weight excluding hydrogens is 218 g/mol. The normalized spacial score (nSPS) is 15.8. The molecule has 0 aromatic rings. The van der Waals surface area contributed by atoms with Crippen LogP contribution >= 0.6 is 0 Å². The van der Waals surface area contributed by atoms with Crippen molar-refractivity contribution in [2.24, 2.45) is 5.92 Å². The van der Waals surface area contributed by atoms with Crippen molar-refractivity contribution in [1.82, 2.24) is 16.0 Å². The lowest BCUT2D eigenvalue weighted by Gasteiger charge is -2.23. The van der Waals surface area contributed by atoms with Gasteiger partial charge in [0.15, 0.2) is 0 Å². The lowest BCUT2D eigenvalue weighted by molar-refractivity contribution is -0.129. The van der Waals surface area contributed by atoms with Gasteiger partial charge in [-0.05, 0) is 19.9 Å². The minimum Gasteiger partial charge on any atom is -0.353 e. The maximum absolute atomic E-state index is 11.9. The van der Waals surface area contributed by atoms with Gasteiger partial charge in [0.2, 0.25) is 11.8 Å². The summed E-state index contributed by atoms with van der Waals surface area (Å²) in [6.45, 7) is 7.93. The monoisotopic (exact) mass is 243 g/mol. The molecule has 5 heteroatoms. The van der Waals surface area contributed by atoms with E-state index in [4.69, 9.17) is 0 Å². The van der Waals surface area contributed by atoms with Crippen molar-refractivity contribution in [2.45, 2.75) is 46.2 Å². The second kappa shape index (κ2) is 8.06. The van der Waals surface area contributed by atoms with Crippen LogP contribution in [0.3, 0.4) is 0 Å². The molecule has 0 aliphatic rings. The Morgan fingerprint density at radius 1 is 1.24 bits per heavy atom. The average Bonchev–Trinajstić information content (AvgIpc) is 2.31. The van der Waals surface area contributed by atoms with E-state index in [2.05, 4.69) is 16.0 Å². The minimum atomic E-state index is -0.443. The van der Waals surface area contributed by atoms with Gasteiger partial charge in [-0.1, -0.05) is 20.3 Å². The molecule has 3 unspecified atom stereocenters. The van der Waals surface area contributed by atoms with Gasteiger partial charge in [-0.25, -0.2) is 0 Å². The molecule has 0 aliphatic heterocycles. The smallest absolute Gasteiger partial charge is 0.242 e. The third-order valence-corrected chi connectivity index (χ3v) is 2.93. The molecule has 0 spiro atoms. The number of carbonyl (C=O) groups is 2. The molecule has 0 heterocycles. The van der Waals surface area contributed by atoms with Gasteiger partial charge < -0.3 is 16.0 Å². The van der Waals surface area contributed by atoms with Gasteiger partial charge >= 0.3 is 0 Å². The molecule has 0 saturated carbocycles. The highest BCUT2D eigenvalue weighted by Gasteiger charge is 2.24. The number of carbonyl (C=O) groups excluding carboxylic acids is 2. The van der Waals surface area contributed by atoms with Crippen molar-refractivity contribution in [2.75, 3.05) is 13.6 Å². The molecule has 0 fully saturated rings. The first-order valence-corrected chi connectivity index (χ1v) is 6.14. The van der Waals surface area contributed by atoms with E-state index in [1.165, 1.54) is 6.92 Å². The molecule has 3 atom stereocenters. The first-order valence-electron chi connectivity index (χ1n) is 6.14. The van der Waals surface area contributed by atoms with E-state index in [-0.39, 0.29) is 23.8 Å². The molecule has 17 heavy (non-hydrogen) atoms. The Kier molecular flexibility index (Phi) is 7.54. The number of amides is 2. The van der Waals surface area contributed by atoms with Gasteiger partial charge in [0, 0.05) is 19.5 Å². The summed E-state index contributed by atoms with van der Waals surface area (Å²) in [5.74, 6) is -0.160. The van der Waals surface area contributed by atoms with Gasteiger partial charge in [-0.2, -0.15) is 0 Å². The van der Waals surface area contributed by atoms with Crippen LogP contribution in [0.5, 0.6) is 0 Å². The van der Waals surface area contributed by atoms with Crippen LogP contribution in [0.25, 0.3) is 0 Å². The van der Waals surface area contributed by atoms with Crippen LogP contribution in [0.1, 0.15) is 34.1 Å². The fourth-order valence-electron chi connectivity index (χ4n) is 1.39. The Morgan fingerprint density at radius 3 is 2.24 bits per heavy atom. The maximum atomic E-state index is 11.9. The first-order chi connectivity index (χ1) is 7.92. The second-order valence-corrected chi connectivity index (χ2v) is 4.50. The Hall–Kier alpha value is -1.10. The number of rotatable bonds is 7. The molecule has 3 N–H and O–H groups in total. The van der Waals surface area contributed by atoms with Crippen LogP contribution in [0.4, 0.5) is 0 Å². The molecular formula is C12H25N3O2. The van der Waals surface area contributed by atoms with Gasteiger partial charge in [-0.15, -0.1) is 0 Å². The topological polar surface area (TPSA) is 70.2 Å². The minimum absolute atomic E-state index is 0.114. The Labute approximate surface area is 104 Å². The van der Waals surface area contributed by atoms with Crippen molar-refractivity contribution < 1.29 is 9.59 Å². The van der Waals surface area contributed by atoms with Crippen molar-refractivity contribution in [3.8, 4) is 0 Å². The molecule has 0 aromatic heterocycles. The van der Waals surface area contributed by atoms with Crippen LogP contribution in [0.2, 0.25) is 0 Å². The predicted octanol–water partition coefficient (Wildman–Crippen LogP) is 0.261. The van der Waals surface area contributed by atoms with E-state index in [1.807, 2.05) is 27.8 Å². The fourth-order valence-corrected chi connectivity index (χ4v) is 1.39. The summed E-state index contributed by atoms with van der Waals surface area (Å²) >= 11 is 0. The lowest BCUT2D eigenvalue weighted by Crippen LogP contribution is -2.51. The SMILES string of the molecule is CCC(C)C(NC(C)=O)C(=O)NCC(C)NC. The predicted molar refractivity (Wildman–Crippen MR) is 68.6 cm³/mol. The molecule has 0 radical (unpaired) electrons. The van der Waals surface area contributed by atoms with E-state index in [0.29, 0.717) is 6.54 Å². The molecule has 5 nitrogen and oxygen atoms in total. The Morgan fingerprint density at radius 2 is 1.82 bits per heavy atom. The van der Waals surface area contributed by atoms with Crippen molar-refractivity contribution >= 4 is 11.8 Å². The number of hydrogen-bond donors (Lipinski definition) is 3. The zero-order chi connectivity index (χ0) is 13.4. The molecule has 100 valence electrons. The number of likely N-dealkylation sites (N-methyl/N-ethyl adjacent to an activating group) is 1. The van der Waals surface area contributed by atoms with Gasteiger partial charge in [-0.3, -0.25) is 9.59 Å². The Balaban J connectivity index is 4.37. The van der Waals surface area contributed by atoms with Gasteiger partial charge in [0.1, 0.15) is 6.04 Å². The zero-order valence-electron chi connectivity index (χ0n) is 11.5. The standard InChI is InChI=1S/C12H25N3O2/c1-6-8(2)11(15-10(4)16)12(17)14-7-9(3)13-5/h8-9,11,13H,6-7H2,1-5H3,(H,14,17)(H,15,16). The van der Waals surface area contributed by atoms with E-state index < -0.39 is 6.04 Å². The van der Waals surface area contributed by atoms with E-state index >= 15 is 0 Å². The number of nitrogens with one attached hydrogen (secondary N) is 3. The maximum Gasteiger partial charge on any atom is 0.242 e. The van der Waals surface area contributed by atoms with Crippen molar-refractivity contribution in [1.29, 1.82) is 0 Å². The highest BCUT2D eigenvalue weighted by Crippen LogP contribution is 2.07. The second-order valence-electron chi connectivity index (χ2n) is 4.50. The van der Waals surface area contributed by atoms with Crippen LogP contribution in [0.15, 0.2) is 0 Å². The highest BCUT2D eigenvalue weighted by molar-refractivity contribution is 5.87. The quantitative estimate of drug-likeness (QED) is 0.601. The summed E-state index contributed by atoms with van der Waals surface area (Å²) in [4.78, 5) is 23.0. The molecule has 0 aromatic carbocycles. The molecule has 0 rings (SSSR count). The van der Waals surface area contributed by atoms with Crippen LogP contribution in [0, 0.1) is 5.92 Å². The summed E-state index contributed by atoms with van der Waals surface area (Å²) < 4.78 is 0. The summed E-state index contributed by atoms with van der Waals surface area (Å²) in [6, 6.07) is -0.226. The number of hydrogen-bond acceptors (Lipinski definition) is 3. The zero-order valence-corrected chi connectivity index (χ0v) is 11.5. The van der Waals surface area contributed by atoms with E-state index in [0.717, 1.165) is 6.42 Å². The molecule has 0 saturated heterocycles. The van der Waals surface area contributed by atoms with Crippen LogP contribution in [-0.4, -0.2) is 37.5 Å². The van der Waals surface area contributed by atoms with Crippen molar-refractivity contribution in [3.05, 3.63) is 0 Å². The highest BCUT2D eigenvalue weighted by atomic mass is 16.2.